The minimum atomic E-state index is -4.69. The highest BCUT2D eigenvalue weighted by Crippen LogP contribution is 2.24. The SMILES string of the molecule is COc1cc(C)c(F)cc1CS(=O)(=O)F. The number of rotatable bonds is 3. The maximum atomic E-state index is 13.1. The summed E-state index contributed by atoms with van der Waals surface area (Å²) < 4.78 is 51.2. The number of hydrogen-bond donors (Lipinski definition) is 0. The molecule has 0 amide bonds. The van der Waals surface area contributed by atoms with E-state index < -0.39 is 21.8 Å². The second-order valence-corrected chi connectivity index (χ2v) is 4.46. The highest BCUT2D eigenvalue weighted by atomic mass is 32.3. The molecule has 0 aliphatic rings. The molecule has 0 saturated carbocycles. The van der Waals surface area contributed by atoms with E-state index in [0.29, 0.717) is 5.56 Å². The normalized spacial score (nSPS) is 11.5. The highest BCUT2D eigenvalue weighted by molar-refractivity contribution is 7.85. The number of hydrogen-bond acceptors (Lipinski definition) is 3. The van der Waals surface area contributed by atoms with Crippen LogP contribution in [0.1, 0.15) is 11.1 Å². The average molecular weight is 236 g/mol. The molecule has 1 aromatic carbocycles. The molecule has 0 heterocycles. The van der Waals surface area contributed by atoms with E-state index in [1.165, 1.54) is 20.1 Å². The van der Waals surface area contributed by atoms with Crippen LogP contribution in [-0.2, 0) is 16.0 Å². The van der Waals surface area contributed by atoms with Crippen LogP contribution in [-0.4, -0.2) is 15.5 Å². The van der Waals surface area contributed by atoms with Gasteiger partial charge in [-0.25, -0.2) is 4.39 Å². The van der Waals surface area contributed by atoms with Gasteiger partial charge in [-0.15, -0.1) is 3.89 Å². The van der Waals surface area contributed by atoms with E-state index in [0.717, 1.165) is 6.07 Å². The van der Waals surface area contributed by atoms with Crippen LogP contribution in [0.2, 0.25) is 0 Å². The van der Waals surface area contributed by atoms with Crippen LogP contribution < -0.4 is 4.74 Å². The number of halogens is 2. The molecule has 3 nitrogen and oxygen atoms in total. The van der Waals surface area contributed by atoms with Gasteiger partial charge in [0.25, 0.3) is 0 Å². The molecule has 0 fully saturated rings. The number of benzene rings is 1. The van der Waals surface area contributed by atoms with Crippen LogP contribution in [0.3, 0.4) is 0 Å². The van der Waals surface area contributed by atoms with E-state index in [2.05, 4.69) is 0 Å². The van der Waals surface area contributed by atoms with Crippen molar-refractivity contribution in [2.75, 3.05) is 7.11 Å². The molecule has 0 N–H and O–H groups in total. The van der Waals surface area contributed by atoms with Crippen molar-refractivity contribution in [2.24, 2.45) is 0 Å². The van der Waals surface area contributed by atoms with E-state index >= 15 is 0 Å². The van der Waals surface area contributed by atoms with E-state index in [1.807, 2.05) is 0 Å². The Balaban J connectivity index is 3.22. The Labute approximate surface area is 86.9 Å². The van der Waals surface area contributed by atoms with Crippen LogP contribution >= 0.6 is 0 Å². The summed E-state index contributed by atoms with van der Waals surface area (Å²) in [7, 11) is -3.38. The first kappa shape index (κ1) is 11.9. The lowest BCUT2D eigenvalue weighted by molar-refractivity contribution is 0.408. The molecule has 0 aromatic heterocycles. The van der Waals surface area contributed by atoms with Crippen molar-refractivity contribution in [3.63, 3.8) is 0 Å². The Morgan fingerprint density at radius 2 is 2.00 bits per heavy atom. The molecule has 15 heavy (non-hydrogen) atoms. The van der Waals surface area contributed by atoms with Crippen molar-refractivity contribution in [2.45, 2.75) is 12.7 Å². The standard InChI is InChI=1S/C9H10F2O3S/c1-6-3-9(14-2)7(4-8(6)10)5-15(11,12)13/h3-4H,5H2,1-2H3. The van der Waals surface area contributed by atoms with Crippen molar-refractivity contribution >= 4 is 10.2 Å². The Hall–Kier alpha value is -1.17. The first-order valence-corrected chi connectivity index (χ1v) is 5.64. The van der Waals surface area contributed by atoms with Gasteiger partial charge in [0.05, 0.1) is 7.11 Å². The molecule has 0 aliphatic heterocycles. The molecular formula is C9H10F2O3S. The van der Waals surface area contributed by atoms with Gasteiger partial charge >= 0.3 is 10.2 Å². The van der Waals surface area contributed by atoms with Crippen molar-refractivity contribution in [3.05, 3.63) is 29.1 Å². The topological polar surface area (TPSA) is 43.4 Å². The molecule has 0 spiro atoms. The van der Waals surface area contributed by atoms with Crippen LogP contribution in [0.15, 0.2) is 12.1 Å². The molecule has 1 rings (SSSR count). The van der Waals surface area contributed by atoms with E-state index in [9.17, 15) is 16.7 Å². The van der Waals surface area contributed by atoms with Gasteiger partial charge in [0.1, 0.15) is 17.3 Å². The number of aryl methyl sites for hydroxylation is 1. The van der Waals surface area contributed by atoms with Gasteiger partial charge < -0.3 is 4.74 Å². The van der Waals surface area contributed by atoms with E-state index in [-0.39, 0.29) is 11.3 Å². The Morgan fingerprint density at radius 3 is 2.47 bits per heavy atom. The van der Waals surface area contributed by atoms with Crippen LogP contribution in [0.5, 0.6) is 5.75 Å². The van der Waals surface area contributed by atoms with Crippen LogP contribution in [0.4, 0.5) is 8.28 Å². The highest BCUT2D eigenvalue weighted by Gasteiger charge is 2.15. The summed E-state index contributed by atoms with van der Waals surface area (Å²) in [4.78, 5) is 0. The molecule has 0 unspecified atom stereocenters. The first-order chi connectivity index (χ1) is 6.83. The molecule has 0 bridgehead atoms. The Bertz CT molecular complexity index is 468. The van der Waals surface area contributed by atoms with Crippen LogP contribution in [0, 0.1) is 12.7 Å². The Morgan fingerprint density at radius 1 is 1.40 bits per heavy atom. The predicted molar refractivity (Wildman–Crippen MR) is 51.4 cm³/mol. The Kier molecular flexibility index (Phi) is 3.28. The number of methoxy groups -OCH3 is 1. The lowest BCUT2D eigenvalue weighted by atomic mass is 10.1. The zero-order valence-electron chi connectivity index (χ0n) is 8.25. The van der Waals surface area contributed by atoms with Crippen molar-refractivity contribution < 1.29 is 21.4 Å². The smallest absolute Gasteiger partial charge is 0.306 e. The fraction of sp³-hybridized carbons (Fsp3) is 0.333. The molecule has 6 heteroatoms. The number of ether oxygens (including phenoxy) is 1. The molecular weight excluding hydrogens is 226 g/mol. The lowest BCUT2D eigenvalue weighted by Gasteiger charge is -2.08. The van der Waals surface area contributed by atoms with Gasteiger partial charge in [0.2, 0.25) is 0 Å². The summed E-state index contributed by atoms with van der Waals surface area (Å²) in [5.74, 6) is -1.31. The van der Waals surface area contributed by atoms with Crippen molar-refractivity contribution in [1.29, 1.82) is 0 Å². The predicted octanol–water partition coefficient (Wildman–Crippen LogP) is 1.94. The van der Waals surface area contributed by atoms with Crippen LogP contribution in [0.25, 0.3) is 0 Å². The molecule has 0 radical (unpaired) electrons. The molecule has 84 valence electrons. The minimum Gasteiger partial charge on any atom is -0.496 e. The fourth-order valence-electron chi connectivity index (χ4n) is 1.18. The van der Waals surface area contributed by atoms with E-state index in [4.69, 9.17) is 4.74 Å². The average Bonchev–Trinajstić information content (AvgIpc) is 2.08. The summed E-state index contributed by atoms with van der Waals surface area (Å²) in [6.07, 6.45) is 0. The third-order valence-corrected chi connectivity index (χ3v) is 2.55. The van der Waals surface area contributed by atoms with Gasteiger partial charge in [0, 0.05) is 5.56 Å². The van der Waals surface area contributed by atoms with Gasteiger partial charge in [-0.2, -0.15) is 8.42 Å². The first-order valence-electron chi connectivity index (χ1n) is 4.09. The second kappa shape index (κ2) is 4.14. The molecule has 0 saturated heterocycles. The van der Waals surface area contributed by atoms with E-state index in [1.54, 1.807) is 0 Å². The largest absolute Gasteiger partial charge is 0.496 e. The maximum absolute atomic E-state index is 13.1. The van der Waals surface area contributed by atoms with Crippen molar-refractivity contribution in [1.82, 2.24) is 0 Å². The third-order valence-electron chi connectivity index (χ3n) is 1.89. The monoisotopic (exact) mass is 236 g/mol. The summed E-state index contributed by atoms with van der Waals surface area (Å²) in [6, 6.07) is 2.29. The fourth-order valence-corrected chi connectivity index (χ4v) is 1.78. The quantitative estimate of drug-likeness (QED) is 0.753. The third kappa shape index (κ3) is 3.16. The molecule has 0 aliphatic carbocycles. The zero-order valence-corrected chi connectivity index (χ0v) is 9.07. The summed E-state index contributed by atoms with van der Waals surface area (Å²) in [5.41, 5.74) is 0.287. The summed E-state index contributed by atoms with van der Waals surface area (Å²) >= 11 is 0. The second-order valence-electron chi connectivity index (χ2n) is 3.10. The van der Waals surface area contributed by atoms with Gasteiger partial charge in [-0.3, -0.25) is 0 Å². The van der Waals surface area contributed by atoms with Gasteiger partial charge in [-0.1, -0.05) is 0 Å². The summed E-state index contributed by atoms with van der Waals surface area (Å²) in [5, 5.41) is 0. The van der Waals surface area contributed by atoms with Crippen molar-refractivity contribution in [3.8, 4) is 5.75 Å². The lowest BCUT2D eigenvalue weighted by Crippen LogP contribution is -2.01. The molecule has 0 atom stereocenters. The van der Waals surface area contributed by atoms with Gasteiger partial charge in [0.15, 0.2) is 0 Å². The summed E-state index contributed by atoms with van der Waals surface area (Å²) in [6.45, 7) is 1.51. The maximum Gasteiger partial charge on any atom is 0.306 e. The molecule has 1 aromatic rings. The van der Waals surface area contributed by atoms with Gasteiger partial charge in [-0.05, 0) is 24.6 Å². The minimum absolute atomic E-state index is 0.0249. The zero-order chi connectivity index (χ0) is 11.6.